The van der Waals surface area contributed by atoms with Crippen molar-refractivity contribution in [3.8, 4) is 0 Å². The van der Waals surface area contributed by atoms with Crippen molar-refractivity contribution in [2.24, 2.45) is 0 Å². The molecule has 3 heteroatoms. The molecule has 2 aromatic rings. The molecule has 2 aromatic carbocycles. The van der Waals surface area contributed by atoms with Crippen LogP contribution in [-0.2, 0) is 17.6 Å². The second-order valence-corrected chi connectivity index (χ2v) is 7.11. The average molecular weight is 369 g/mol. The van der Waals surface area contributed by atoms with Gasteiger partial charge >= 0.3 is 6.16 Å². The van der Waals surface area contributed by atoms with E-state index in [4.69, 9.17) is 4.74 Å². The van der Waals surface area contributed by atoms with Gasteiger partial charge in [-0.25, -0.2) is 4.79 Å². The molecule has 0 saturated carbocycles. The fraction of sp³-hybridized carbons (Fsp3) is 0.458. The van der Waals surface area contributed by atoms with Crippen molar-refractivity contribution in [1.82, 2.24) is 0 Å². The Hall–Kier alpha value is -2.29. The number of unbranched alkanes of at least 4 members (excludes halogenated alkanes) is 4. The van der Waals surface area contributed by atoms with Crippen LogP contribution in [0.5, 0.6) is 0 Å². The van der Waals surface area contributed by atoms with Crippen LogP contribution in [0.15, 0.2) is 54.6 Å². The maximum absolute atomic E-state index is 11.2. The van der Waals surface area contributed by atoms with E-state index in [9.17, 15) is 9.90 Å². The minimum Gasteiger partial charge on any atom is -0.450 e. The highest BCUT2D eigenvalue weighted by atomic mass is 16.7. The fourth-order valence-corrected chi connectivity index (χ4v) is 3.52. The van der Waals surface area contributed by atoms with Gasteiger partial charge in [-0.2, -0.15) is 0 Å². The monoisotopic (exact) mass is 368 g/mol. The van der Waals surface area contributed by atoms with Crippen LogP contribution in [0.25, 0.3) is 0 Å². The standard InChI is InChI=1S/C24H32O3/c1-2-3-4-8-16-21-17-10-11-18-22(21)23(27-24(25)26)19-12-9-15-20-13-6-5-7-14-20/h5-7,10-11,13-14,17-18,23H,2-4,8-9,12,15-16,19H2,1H3,(H,25,26). The summed E-state index contributed by atoms with van der Waals surface area (Å²) in [4.78, 5) is 11.2. The second kappa shape index (κ2) is 12.2. The molecule has 0 heterocycles. The Morgan fingerprint density at radius 1 is 0.889 bits per heavy atom. The first-order valence-corrected chi connectivity index (χ1v) is 10.2. The summed E-state index contributed by atoms with van der Waals surface area (Å²) < 4.78 is 5.27. The van der Waals surface area contributed by atoms with Gasteiger partial charge in [0.05, 0.1) is 0 Å². The van der Waals surface area contributed by atoms with E-state index in [1.165, 1.54) is 30.4 Å². The Balaban J connectivity index is 1.95. The van der Waals surface area contributed by atoms with Crippen LogP contribution >= 0.6 is 0 Å². The molecule has 1 atom stereocenters. The zero-order valence-electron chi connectivity index (χ0n) is 16.4. The normalized spacial score (nSPS) is 11.9. The number of rotatable bonds is 12. The Bertz CT molecular complexity index is 666. The predicted molar refractivity (Wildman–Crippen MR) is 110 cm³/mol. The van der Waals surface area contributed by atoms with E-state index in [2.05, 4.69) is 37.3 Å². The van der Waals surface area contributed by atoms with Crippen LogP contribution in [0.1, 0.15) is 74.7 Å². The second-order valence-electron chi connectivity index (χ2n) is 7.11. The summed E-state index contributed by atoms with van der Waals surface area (Å²) in [5, 5.41) is 9.19. The van der Waals surface area contributed by atoms with Crippen LogP contribution in [0.4, 0.5) is 4.79 Å². The molecule has 0 saturated heterocycles. The molecule has 0 bridgehead atoms. The highest BCUT2D eigenvalue weighted by Gasteiger charge is 2.19. The lowest BCUT2D eigenvalue weighted by Gasteiger charge is -2.20. The number of hydrogen-bond acceptors (Lipinski definition) is 2. The van der Waals surface area contributed by atoms with Crippen LogP contribution in [0, 0.1) is 0 Å². The van der Waals surface area contributed by atoms with Crippen LogP contribution < -0.4 is 0 Å². The molecule has 0 aliphatic heterocycles. The number of benzene rings is 2. The molecule has 0 aliphatic rings. The van der Waals surface area contributed by atoms with Crippen molar-refractivity contribution in [3.05, 3.63) is 71.3 Å². The summed E-state index contributed by atoms with van der Waals surface area (Å²) in [6.45, 7) is 2.21. The summed E-state index contributed by atoms with van der Waals surface area (Å²) in [6, 6.07) is 18.6. The van der Waals surface area contributed by atoms with E-state index in [0.717, 1.165) is 44.1 Å². The van der Waals surface area contributed by atoms with Gasteiger partial charge in [-0.15, -0.1) is 0 Å². The van der Waals surface area contributed by atoms with Crippen LogP contribution in [0.2, 0.25) is 0 Å². The van der Waals surface area contributed by atoms with E-state index in [-0.39, 0.29) is 6.10 Å². The third-order valence-electron chi connectivity index (χ3n) is 4.97. The number of hydrogen-bond donors (Lipinski definition) is 1. The Morgan fingerprint density at radius 2 is 1.59 bits per heavy atom. The smallest absolute Gasteiger partial charge is 0.450 e. The molecule has 0 aromatic heterocycles. The average Bonchev–Trinajstić information content (AvgIpc) is 2.68. The summed E-state index contributed by atoms with van der Waals surface area (Å²) in [6.07, 6.45) is 7.95. The Labute approximate surface area is 163 Å². The minimum absolute atomic E-state index is 0.374. The van der Waals surface area contributed by atoms with Crippen molar-refractivity contribution in [2.45, 2.75) is 70.8 Å². The lowest BCUT2D eigenvalue weighted by atomic mass is 9.94. The van der Waals surface area contributed by atoms with E-state index in [1.54, 1.807) is 0 Å². The lowest BCUT2D eigenvalue weighted by molar-refractivity contribution is 0.0461. The van der Waals surface area contributed by atoms with Gasteiger partial charge in [0.1, 0.15) is 6.10 Å². The Morgan fingerprint density at radius 3 is 2.33 bits per heavy atom. The molecule has 0 radical (unpaired) electrons. The van der Waals surface area contributed by atoms with Gasteiger partial charge in [0.15, 0.2) is 0 Å². The molecule has 1 N–H and O–H groups in total. The van der Waals surface area contributed by atoms with Gasteiger partial charge in [-0.3, -0.25) is 0 Å². The zero-order chi connectivity index (χ0) is 19.3. The first kappa shape index (κ1) is 21.0. The molecule has 27 heavy (non-hydrogen) atoms. The third-order valence-corrected chi connectivity index (χ3v) is 4.97. The SMILES string of the molecule is CCCCCCc1ccccc1C(CCCCc1ccccc1)OC(=O)O. The maximum Gasteiger partial charge on any atom is 0.506 e. The molecule has 3 nitrogen and oxygen atoms in total. The summed E-state index contributed by atoms with van der Waals surface area (Å²) >= 11 is 0. The quantitative estimate of drug-likeness (QED) is 0.325. The third kappa shape index (κ3) is 7.86. The van der Waals surface area contributed by atoms with Gasteiger partial charge in [-0.1, -0.05) is 80.8 Å². The predicted octanol–water partition coefficient (Wildman–Crippen LogP) is 6.96. The lowest BCUT2D eigenvalue weighted by Crippen LogP contribution is -2.12. The van der Waals surface area contributed by atoms with Gasteiger partial charge in [0.25, 0.3) is 0 Å². The maximum atomic E-state index is 11.2. The molecule has 0 fully saturated rings. The highest BCUT2D eigenvalue weighted by Crippen LogP contribution is 2.28. The first-order valence-electron chi connectivity index (χ1n) is 10.2. The van der Waals surface area contributed by atoms with E-state index >= 15 is 0 Å². The molecular weight excluding hydrogens is 336 g/mol. The topological polar surface area (TPSA) is 46.5 Å². The van der Waals surface area contributed by atoms with Crippen LogP contribution in [0.3, 0.4) is 0 Å². The van der Waals surface area contributed by atoms with Crippen molar-refractivity contribution in [2.75, 3.05) is 0 Å². The van der Waals surface area contributed by atoms with Crippen LogP contribution in [-0.4, -0.2) is 11.3 Å². The molecule has 0 amide bonds. The fourth-order valence-electron chi connectivity index (χ4n) is 3.52. The van der Waals surface area contributed by atoms with Gasteiger partial charge in [0, 0.05) is 0 Å². The molecule has 0 aliphatic carbocycles. The molecule has 2 rings (SSSR count). The molecular formula is C24H32O3. The molecule has 1 unspecified atom stereocenters. The summed E-state index contributed by atoms with van der Waals surface area (Å²) in [5.41, 5.74) is 3.59. The van der Waals surface area contributed by atoms with E-state index in [0.29, 0.717) is 0 Å². The van der Waals surface area contributed by atoms with E-state index < -0.39 is 6.16 Å². The summed E-state index contributed by atoms with van der Waals surface area (Å²) in [7, 11) is 0. The van der Waals surface area contributed by atoms with Gasteiger partial charge in [0.2, 0.25) is 0 Å². The van der Waals surface area contributed by atoms with Crippen molar-refractivity contribution in [3.63, 3.8) is 0 Å². The number of aryl methyl sites for hydroxylation is 2. The largest absolute Gasteiger partial charge is 0.506 e. The molecule has 146 valence electrons. The minimum atomic E-state index is -1.19. The molecule has 0 spiro atoms. The summed E-state index contributed by atoms with van der Waals surface area (Å²) in [5.74, 6) is 0. The van der Waals surface area contributed by atoms with Crippen molar-refractivity contribution < 1.29 is 14.6 Å². The number of carboxylic acid groups (broad SMARTS) is 1. The zero-order valence-corrected chi connectivity index (χ0v) is 16.4. The number of ether oxygens (including phenoxy) is 1. The van der Waals surface area contributed by atoms with Gasteiger partial charge in [-0.05, 0) is 55.2 Å². The van der Waals surface area contributed by atoms with Crippen molar-refractivity contribution in [1.29, 1.82) is 0 Å². The Kier molecular flexibility index (Phi) is 9.47. The van der Waals surface area contributed by atoms with E-state index in [1.807, 2.05) is 24.3 Å². The first-order chi connectivity index (χ1) is 13.2. The highest BCUT2D eigenvalue weighted by molar-refractivity contribution is 5.57. The number of carbonyl (C=O) groups is 1. The van der Waals surface area contributed by atoms with Crippen molar-refractivity contribution >= 4 is 6.16 Å². The van der Waals surface area contributed by atoms with Gasteiger partial charge < -0.3 is 9.84 Å².